The molecule has 0 radical (unpaired) electrons. The number of hydrogen-bond acceptors (Lipinski definition) is 4. The van der Waals surface area contributed by atoms with E-state index in [1.807, 2.05) is 39.9 Å². The van der Waals surface area contributed by atoms with Crippen molar-refractivity contribution >= 4 is 11.8 Å². The summed E-state index contributed by atoms with van der Waals surface area (Å²) < 4.78 is 1.96. The van der Waals surface area contributed by atoms with Crippen molar-refractivity contribution in [3.63, 3.8) is 0 Å². The number of benzene rings is 1. The number of amides is 2. The van der Waals surface area contributed by atoms with Gasteiger partial charge in [-0.2, -0.15) is 10.2 Å². The molecule has 154 valence electrons. The molecule has 1 fully saturated rings. The number of fused-ring (bicyclic) bond motifs is 1. The SMILES string of the molecule is O=C(c1cc(-c2ccccc2)n[nH]1)N1CCN(C(=O)c2cnn3c2CCCC3)CC1. The van der Waals surface area contributed by atoms with E-state index < -0.39 is 0 Å². The number of aryl methyl sites for hydroxylation is 1. The number of aromatic nitrogens is 4. The van der Waals surface area contributed by atoms with Gasteiger partial charge in [0.15, 0.2) is 0 Å². The minimum atomic E-state index is -0.0836. The fraction of sp³-hybridized carbons (Fsp3) is 0.364. The van der Waals surface area contributed by atoms with Gasteiger partial charge in [0.2, 0.25) is 0 Å². The van der Waals surface area contributed by atoms with E-state index in [1.165, 1.54) is 0 Å². The number of carbonyl (C=O) groups is 2. The van der Waals surface area contributed by atoms with Crippen molar-refractivity contribution < 1.29 is 9.59 Å². The molecule has 8 heteroatoms. The second-order valence-electron chi connectivity index (χ2n) is 7.80. The van der Waals surface area contributed by atoms with Crippen molar-refractivity contribution in [3.8, 4) is 11.3 Å². The van der Waals surface area contributed by atoms with Crippen molar-refractivity contribution in [1.82, 2.24) is 29.8 Å². The molecule has 3 aromatic rings. The van der Waals surface area contributed by atoms with E-state index in [0.29, 0.717) is 31.9 Å². The van der Waals surface area contributed by atoms with Crippen LogP contribution in [-0.4, -0.2) is 67.8 Å². The van der Waals surface area contributed by atoms with E-state index in [0.717, 1.165) is 48.3 Å². The zero-order valence-corrected chi connectivity index (χ0v) is 16.8. The maximum Gasteiger partial charge on any atom is 0.272 e. The topological polar surface area (TPSA) is 87.1 Å². The minimum Gasteiger partial charge on any atom is -0.335 e. The van der Waals surface area contributed by atoms with E-state index in [-0.39, 0.29) is 11.8 Å². The molecule has 0 aliphatic carbocycles. The zero-order valence-electron chi connectivity index (χ0n) is 16.8. The molecular weight excluding hydrogens is 380 g/mol. The van der Waals surface area contributed by atoms with Crippen molar-refractivity contribution in [3.05, 3.63) is 59.5 Å². The molecule has 2 aliphatic rings. The summed E-state index contributed by atoms with van der Waals surface area (Å²) in [5, 5.41) is 11.5. The Balaban J connectivity index is 1.23. The Kier molecular flexibility index (Phi) is 4.82. The highest BCUT2D eigenvalue weighted by atomic mass is 16.2. The quantitative estimate of drug-likeness (QED) is 0.725. The summed E-state index contributed by atoms with van der Waals surface area (Å²) in [4.78, 5) is 29.5. The van der Waals surface area contributed by atoms with E-state index >= 15 is 0 Å². The van der Waals surface area contributed by atoms with Gasteiger partial charge in [-0.1, -0.05) is 30.3 Å². The second-order valence-corrected chi connectivity index (χ2v) is 7.80. The van der Waals surface area contributed by atoms with Crippen LogP contribution < -0.4 is 0 Å². The summed E-state index contributed by atoms with van der Waals surface area (Å²) >= 11 is 0. The number of hydrogen-bond donors (Lipinski definition) is 1. The standard InChI is InChI=1S/C22H24N6O2/c29-21(17-15-23-28-9-5-4-8-20(17)28)26-10-12-27(13-11-26)22(30)19-14-18(24-25-19)16-6-2-1-3-7-16/h1-3,6-7,14-15H,4-5,8-13H2,(H,24,25). The van der Waals surface area contributed by atoms with Gasteiger partial charge in [0.25, 0.3) is 11.8 Å². The average Bonchev–Trinajstić information content (AvgIpc) is 3.47. The second kappa shape index (κ2) is 7.78. The number of piperazine rings is 1. The summed E-state index contributed by atoms with van der Waals surface area (Å²) in [5.41, 5.74) is 3.96. The van der Waals surface area contributed by atoms with Gasteiger partial charge in [-0.3, -0.25) is 19.4 Å². The molecule has 2 aliphatic heterocycles. The number of rotatable bonds is 3. The largest absolute Gasteiger partial charge is 0.335 e. The number of nitrogens with one attached hydrogen (secondary N) is 1. The average molecular weight is 404 g/mol. The third kappa shape index (κ3) is 3.38. The van der Waals surface area contributed by atoms with Crippen LogP contribution in [0.4, 0.5) is 0 Å². The number of nitrogens with zero attached hydrogens (tertiary/aromatic N) is 5. The molecule has 2 aromatic heterocycles. The lowest BCUT2D eigenvalue weighted by Gasteiger charge is -2.34. The molecule has 1 aromatic carbocycles. The lowest BCUT2D eigenvalue weighted by Crippen LogP contribution is -2.50. The summed E-state index contributed by atoms with van der Waals surface area (Å²) in [6, 6.07) is 11.5. The van der Waals surface area contributed by atoms with Crippen LogP contribution in [-0.2, 0) is 13.0 Å². The third-order valence-corrected chi connectivity index (χ3v) is 5.94. The summed E-state index contributed by atoms with van der Waals surface area (Å²) in [6.07, 6.45) is 4.82. The first-order chi connectivity index (χ1) is 14.7. The molecule has 0 atom stereocenters. The smallest absolute Gasteiger partial charge is 0.272 e. The third-order valence-electron chi connectivity index (χ3n) is 5.94. The van der Waals surface area contributed by atoms with Gasteiger partial charge in [-0.05, 0) is 25.3 Å². The molecule has 4 heterocycles. The molecular formula is C22H24N6O2. The zero-order chi connectivity index (χ0) is 20.5. The minimum absolute atomic E-state index is 0.0261. The lowest BCUT2D eigenvalue weighted by atomic mass is 10.1. The molecule has 2 amide bonds. The first-order valence-electron chi connectivity index (χ1n) is 10.4. The fourth-order valence-electron chi connectivity index (χ4n) is 4.24. The van der Waals surface area contributed by atoms with Crippen LogP contribution in [0, 0.1) is 0 Å². The summed E-state index contributed by atoms with van der Waals surface area (Å²) in [7, 11) is 0. The van der Waals surface area contributed by atoms with Gasteiger partial charge >= 0.3 is 0 Å². The highest BCUT2D eigenvalue weighted by molar-refractivity contribution is 5.96. The van der Waals surface area contributed by atoms with Crippen LogP contribution in [0.15, 0.2) is 42.6 Å². The van der Waals surface area contributed by atoms with Gasteiger partial charge in [-0.15, -0.1) is 0 Å². The van der Waals surface area contributed by atoms with Crippen LogP contribution in [0.2, 0.25) is 0 Å². The van der Waals surface area contributed by atoms with Crippen molar-refractivity contribution in [2.45, 2.75) is 25.8 Å². The molecule has 0 unspecified atom stereocenters. The monoisotopic (exact) mass is 404 g/mol. The first-order valence-corrected chi connectivity index (χ1v) is 10.4. The molecule has 30 heavy (non-hydrogen) atoms. The summed E-state index contributed by atoms with van der Waals surface area (Å²) in [6.45, 7) is 2.95. The molecule has 1 saturated heterocycles. The van der Waals surface area contributed by atoms with Crippen molar-refractivity contribution in [2.75, 3.05) is 26.2 Å². The maximum absolute atomic E-state index is 13.0. The van der Waals surface area contributed by atoms with E-state index in [9.17, 15) is 9.59 Å². The molecule has 0 bridgehead atoms. The highest BCUT2D eigenvalue weighted by Crippen LogP contribution is 2.21. The van der Waals surface area contributed by atoms with Crippen LogP contribution >= 0.6 is 0 Å². The molecule has 5 rings (SSSR count). The van der Waals surface area contributed by atoms with Crippen LogP contribution in [0.25, 0.3) is 11.3 Å². The van der Waals surface area contributed by atoms with Crippen LogP contribution in [0.3, 0.4) is 0 Å². The molecule has 8 nitrogen and oxygen atoms in total. The first kappa shape index (κ1) is 18.6. The molecule has 0 saturated carbocycles. The number of H-pyrrole nitrogens is 1. The molecule has 1 N–H and O–H groups in total. The Bertz CT molecular complexity index is 1060. The van der Waals surface area contributed by atoms with Gasteiger partial charge in [-0.25, -0.2) is 0 Å². The Morgan fingerprint density at radius 2 is 1.63 bits per heavy atom. The van der Waals surface area contributed by atoms with Gasteiger partial charge < -0.3 is 9.80 Å². The van der Waals surface area contributed by atoms with Gasteiger partial charge in [0.1, 0.15) is 5.69 Å². The van der Waals surface area contributed by atoms with E-state index in [1.54, 1.807) is 17.2 Å². The van der Waals surface area contributed by atoms with Crippen molar-refractivity contribution in [1.29, 1.82) is 0 Å². The van der Waals surface area contributed by atoms with Gasteiger partial charge in [0.05, 0.1) is 23.1 Å². The Labute approximate surface area is 174 Å². The highest BCUT2D eigenvalue weighted by Gasteiger charge is 2.29. The summed E-state index contributed by atoms with van der Waals surface area (Å²) in [5.74, 6) is -0.0576. The Morgan fingerprint density at radius 1 is 0.900 bits per heavy atom. The number of carbonyl (C=O) groups excluding carboxylic acids is 2. The fourth-order valence-corrected chi connectivity index (χ4v) is 4.24. The lowest BCUT2D eigenvalue weighted by molar-refractivity contribution is 0.0531. The maximum atomic E-state index is 13.0. The van der Waals surface area contributed by atoms with Gasteiger partial charge in [0, 0.05) is 38.3 Å². The van der Waals surface area contributed by atoms with Crippen LogP contribution in [0.1, 0.15) is 39.4 Å². The normalized spacial score (nSPS) is 16.4. The predicted octanol–water partition coefficient (Wildman–Crippen LogP) is 2.21. The number of aromatic amines is 1. The molecule has 0 spiro atoms. The van der Waals surface area contributed by atoms with Crippen LogP contribution in [0.5, 0.6) is 0 Å². The predicted molar refractivity (Wildman–Crippen MR) is 111 cm³/mol. The van der Waals surface area contributed by atoms with E-state index in [4.69, 9.17) is 0 Å². The Morgan fingerprint density at radius 3 is 2.40 bits per heavy atom. The van der Waals surface area contributed by atoms with E-state index in [2.05, 4.69) is 15.3 Å². The Hall–Kier alpha value is -3.42. The van der Waals surface area contributed by atoms with Crippen molar-refractivity contribution in [2.24, 2.45) is 0 Å².